The smallest absolute Gasteiger partial charge is 0.318 e. The van der Waals surface area contributed by atoms with Crippen molar-refractivity contribution in [3.8, 4) is 17.1 Å². The van der Waals surface area contributed by atoms with Crippen molar-refractivity contribution in [2.75, 3.05) is 30.8 Å². The van der Waals surface area contributed by atoms with Crippen LogP contribution < -0.4 is 20.7 Å². The van der Waals surface area contributed by atoms with E-state index in [0.29, 0.717) is 45.7 Å². The molecule has 3 heterocycles. The Bertz CT molecular complexity index is 1140. The van der Waals surface area contributed by atoms with E-state index in [9.17, 15) is 0 Å². The zero-order valence-electron chi connectivity index (χ0n) is 16.7. The molecule has 2 bridgehead atoms. The van der Waals surface area contributed by atoms with E-state index in [-0.39, 0.29) is 11.5 Å². The number of halogens is 1. The molecule has 0 radical (unpaired) electrons. The molecule has 7 nitrogen and oxygen atoms in total. The summed E-state index contributed by atoms with van der Waals surface area (Å²) in [7, 11) is 1.49. The molecule has 5 rings (SSSR count). The molecule has 2 aliphatic rings. The molecule has 8 heteroatoms. The molecule has 2 unspecified atom stereocenters. The third-order valence-electron chi connectivity index (χ3n) is 6.05. The Morgan fingerprint density at radius 3 is 2.63 bits per heavy atom. The van der Waals surface area contributed by atoms with E-state index in [1.807, 2.05) is 6.07 Å². The Hall–Kier alpha value is -3.26. The van der Waals surface area contributed by atoms with Gasteiger partial charge in [0.15, 0.2) is 5.82 Å². The maximum absolute atomic E-state index is 15.7. The maximum atomic E-state index is 15.7. The second kappa shape index (κ2) is 7.21. The van der Waals surface area contributed by atoms with Crippen LogP contribution >= 0.6 is 0 Å². The molecule has 2 atom stereocenters. The lowest BCUT2D eigenvalue weighted by Crippen LogP contribution is -2.51. The van der Waals surface area contributed by atoms with Gasteiger partial charge in [-0.15, -0.1) is 0 Å². The van der Waals surface area contributed by atoms with Gasteiger partial charge in [-0.05, 0) is 18.9 Å². The number of para-hydroxylation sites is 1. The number of aromatic nitrogens is 2. The fraction of sp³-hybridized carbons (Fsp3) is 0.318. The minimum atomic E-state index is -0.471. The van der Waals surface area contributed by atoms with E-state index in [0.717, 1.165) is 25.9 Å². The molecule has 0 spiro atoms. The summed E-state index contributed by atoms with van der Waals surface area (Å²) in [5.41, 5.74) is 8.19. The highest BCUT2D eigenvalue weighted by molar-refractivity contribution is 5.97. The van der Waals surface area contributed by atoms with Gasteiger partial charge in [0, 0.05) is 59.2 Å². The molecular weight excluding hydrogens is 383 g/mol. The molecule has 154 valence electrons. The molecule has 0 saturated carbocycles. The number of benzene rings is 2. The average molecular weight is 406 g/mol. The molecule has 2 aromatic carbocycles. The van der Waals surface area contributed by atoms with Crippen LogP contribution in [0, 0.1) is 11.2 Å². The highest BCUT2D eigenvalue weighted by atomic mass is 19.1. The third-order valence-corrected chi connectivity index (χ3v) is 6.05. The number of methoxy groups -OCH3 is 1. The summed E-state index contributed by atoms with van der Waals surface area (Å²) in [6.07, 6.45) is 3.45. The summed E-state index contributed by atoms with van der Waals surface area (Å²) < 4.78 is 21.0. The zero-order valence-corrected chi connectivity index (χ0v) is 16.7. The number of nitrogens with zero attached hydrogens (tertiary/aromatic N) is 3. The first-order chi connectivity index (χ1) is 14.6. The van der Waals surface area contributed by atoms with Crippen molar-refractivity contribution in [1.29, 1.82) is 5.41 Å². The Balaban J connectivity index is 1.68. The highest BCUT2D eigenvalue weighted by Gasteiger charge is 2.34. The minimum Gasteiger partial charge on any atom is -0.467 e. The van der Waals surface area contributed by atoms with Crippen LogP contribution in [-0.4, -0.2) is 48.5 Å². The first kappa shape index (κ1) is 18.7. The van der Waals surface area contributed by atoms with E-state index in [1.54, 1.807) is 24.3 Å². The molecule has 2 aliphatic heterocycles. The van der Waals surface area contributed by atoms with Crippen LogP contribution in [0.5, 0.6) is 6.01 Å². The number of fused-ring (bicyclic) bond motifs is 3. The zero-order chi connectivity index (χ0) is 20.8. The van der Waals surface area contributed by atoms with Crippen molar-refractivity contribution in [3.05, 3.63) is 41.7 Å². The molecular formula is C22H23FN6O. The average Bonchev–Trinajstić information content (AvgIpc) is 3.11. The number of nitrogen functional groups attached to an aromatic ring is 1. The van der Waals surface area contributed by atoms with Crippen molar-refractivity contribution in [2.45, 2.75) is 24.9 Å². The monoisotopic (exact) mass is 406 g/mol. The number of piperazine rings is 1. The van der Waals surface area contributed by atoms with Gasteiger partial charge in [0.25, 0.3) is 0 Å². The van der Waals surface area contributed by atoms with Crippen molar-refractivity contribution in [1.82, 2.24) is 15.3 Å². The van der Waals surface area contributed by atoms with E-state index in [2.05, 4.69) is 20.2 Å². The first-order valence-corrected chi connectivity index (χ1v) is 10.0. The lowest BCUT2D eigenvalue weighted by atomic mass is 9.98. The van der Waals surface area contributed by atoms with Crippen LogP contribution in [-0.2, 0) is 0 Å². The van der Waals surface area contributed by atoms with Gasteiger partial charge in [-0.3, -0.25) is 0 Å². The van der Waals surface area contributed by atoms with Crippen LogP contribution in [0.15, 0.2) is 30.3 Å². The highest BCUT2D eigenvalue weighted by Crippen LogP contribution is 2.37. The van der Waals surface area contributed by atoms with Crippen molar-refractivity contribution < 1.29 is 9.13 Å². The second-order valence-corrected chi connectivity index (χ2v) is 7.85. The molecule has 4 N–H and O–H groups in total. The predicted molar refractivity (Wildman–Crippen MR) is 116 cm³/mol. The Kier molecular flexibility index (Phi) is 4.51. The van der Waals surface area contributed by atoms with Crippen LogP contribution in [0.3, 0.4) is 0 Å². The molecule has 0 amide bonds. The number of nitrogens with two attached hydrogens (primary N) is 1. The quantitative estimate of drug-likeness (QED) is 0.455. The van der Waals surface area contributed by atoms with Gasteiger partial charge in [-0.2, -0.15) is 9.97 Å². The number of rotatable bonds is 4. The van der Waals surface area contributed by atoms with E-state index >= 15 is 4.39 Å². The van der Waals surface area contributed by atoms with Crippen molar-refractivity contribution in [3.63, 3.8) is 0 Å². The summed E-state index contributed by atoms with van der Waals surface area (Å²) in [6.45, 7) is 1.65. The minimum absolute atomic E-state index is 0.139. The molecule has 0 aliphatic carbocycles. The summed E-state index contributed by atoms with van der Waals surface area (Å²) in [5.74, 6) is 0.225. The number of nitrogens with one attached hydrogen (secondary N) is 2. The SMILES string of the molecule is COc1nc(N2CC3CCC(C2)N3)c2ccc(-c3cccc(C=N)c3N)c(F)c2n1. The van der Waals surface area contributed by atoms with Gasteiger partial charge in [0.05, 0.1) is 7.11 Å². The summed E-state index contributed by atoms with van der Waals surface area (Å²) >= 11 is 0. The van der Waals surface area contributed by atoms with E-state index < -0.39 is 5.82 Å². The molecule has 1 aromatic heterocycles. The van der Waals surface area contributed by atoms with Crippen molar-refractivity contribution in [2.24, 2.45) is 0 Å². The summed E-state index contributed by atoms with van der Waals surface area (Å²) in [5, 5.41) is 11.8. The molecule has 2 saturated heterocycles. The van der Waals surface area contributed by atoms with Gasteiger partial charge < -0.3 is 26.1 Å². The third kappa shape index (κ3) is 2.95. The summed E-state index contributed by atoms with van der Waals surface area (Å²) in [6, 6.07) is 9.79. The van der Waals surface area contributed by atoms with E-state index in [1.165, 1.54) is 13.3 Å². The Morgan fingerprint density at radius 1 is 1.17 bits per heavy atom. The van der Waals surface area contributed by atoms with E-state index in [4.69, 9.17) is 15.9 Å². The van der Waals surface area contributed by atoms with Crippen LogP contribution in [0.4, 0.5) is 15.9 Å². The summed E-state index contributed by atoms with van der Waals surface area (Å²) in [4.78, 5) is 11.1. The van der Waals surface area contributed by atoms with Gasteiger partial charge >= 0.3 is 6.01 Å². The van der Waals surface area contributed by atoms with Crippen LogP contribution in [0.25, 0.3) is 22.0 Å². The molecule has 30 heavy (non-hydrogen) atoms. The molecule has 3 aromatic rings. The van der Waals surface area contributed by atoms with Gasteiger partial charge in [0.2, 0.25) is 0 Å². The largest absolute Gasteiger partial charge is 0.467 e. The Morgan fingerprint density at radius 2 is 1.93 bits per heavy atom. The maximum Gasteiger partial charge on any atom is 0.318 e. The van der Waals surface area contributed by atoms with Gasteiger partial charge in [0.1, 0.15) is 11.3 Å². The van der Waals surface area contributed by atoms with Crippen LogP contribution in [0.2, 0.25) is 0 Å². The topological polar surface area (TPSA) is 100 Å². The lowest BCUT2D eigenvalue weighted by molar-refractivity contribution is 0.380. The lowest BCUT2D eigenvalue weighted by Gasteiger charge is -2.34. The molecule has 2 fully saturated rings. The number of hydrogen-bond acceptors (Lipinski definition) is 7. The fourth-order valence-electron chi connectivity index (χ4n) is 4.58. The van der Waals surface area contributed by atoms with Crippen LogP contribution in [0.1, 0.15) is 18.4 Å². The standard InChI is InChI=1S/C22H23FN6O/c1-30-22-27-20-17(21(28-22)29-10-13-5-6-14(11-29)26-13)8-7-15(18(20)23)16-4-2-3-12(9-24)19(16)25/h2-4,7-9,13-14,24,26H,5-6,10-11,25H2,1H3. The number of anilines is 2. The second-order valence-electron chi connectivity index (χ2n) is 7.85. The number of ether oxygens (including phenoxy) is 1. The van der Waals surface area contributed by atoms with Crippen molar-refractivity contribution >= 4 is 28.6 Å². The van der Waals surface area contributed by atoms with Gasteiger partial charge in [-0.1, -0.05) is 24.3 Å². The predicted octanol–water partition coefficient (Wildman–Crippen LogP) is 2.96. The Labute approximate surface area is 173 Å². The number of hydrogen-bond donors (Lipinski definition) is 3. The fourth-order valence-corrected chi connectivity index (χ4v) is 4.58. The van der Waals surface area contributed by atoms with Gasteiger partial charge in [-0.25, -0.2) is 4.39 Å². The normalized spacial score (nSPS) is 20.5. The first-order valence-electron chi connectivity index (χ1n) is 10.0.